The molecule has 2 heteroatoms. The molecule has 0 bridgehead atoms. The van der Waals surface area contributed by atoms with E-state index in [1.54, 1.807) is 10.8 Å². The average Bonchev–Trinajstić information content (AvgIpc) is 2.64. The number of hydrogen-bond donors (Lipinski definition) is 0. The summed E-state index contributed by atoms with van der Waals surface area (Å²) in [5.74, 6) is 0. The molecule has 1 heterocycles. The Kier molecular flexibility index (Phi) is 2.69. The molecule has 0 spiro atoms. The highest BCUT2D eigenvalue weighted by Crippen LogP contribution is 2.19. The normalized spacial score (nSPS) is 26.4. The van der Waals surface area contributed by atoms with Gasteiger partial charge in [0.25, 0.3) is 0 Å². The van der Waals surface area contributed by atoms with Crippen LogP contribution in [-0.4, -0.2) is 23.0 Å². The summed E-state index contributed by atoms with van der Waals surface area (Å²) in [6, 6.07) is 0. The van der Waals surface area contributed by atoms with Crippen LogP contribution in [0.5, 0.6) is 0 Å². The van der Waals surface area contributed by atoms with E-state index in [9.17, 15) is 0 Å². The molecule has 0 aliphatic carbocycles. The Bertz CT molecular complexity index is 143. The van der Waals surface area contributed by atoms with Crippen molar-refractivity contribution in [1.29, 1.82) is 0 Å². The molecule has 0 N–H and O–H groups in total. The van der Waals surface area contributed by atoms with Gasteiger partial charge in [-0.15, -0.1) is 0 Å². The summed E-state index contributed by atoms with van der Waals surface area (Å²) in [4.78, 5) is 0. The van der Waals surface area contributed by atoms with Crippen molar-refractivity contribution in [2.45, 2.75) is 32.8 Å². The molecule has 0 saturated carbocycles. The van der Waals surface area contributed by atoms with Crippen molar-refractivity contribution >= 4 is 10.2 Å². The fourth-order valence-electron chi connectivity index (χ4n) is 0.862. The lowest BCUT2D eigenvalue weighted by Gasteiger charge is -2.00. The Labute approximate surface area is 65.9 Å². The third-order valence-electron chi connectivity index (χ3n) is 2.10. The topological polar surface area (TPSA) is 12.5 Å². The van der Waals surface area contributed by atoms with E-state index in [0.717, 1.165) is 6.61 Å². The van der Waals surface area contributed by atoms with E-state index in [-0.39, 0.29) is 0 Å². The highest BCUT2D eigenvalue weighted by atomic mass is 28.1. The maximum Gasteiger partial charge on any atom is 0.0813 e. The monoisotopic (exact) mass is 156 g/mol. The van der Waals surface area contributed by atoms with Crippen molar-refractivity contribution in [2.75, 3.05) is 6.61 Å². The molecule has 58 valence electrons. The van der Waals surface area contributed by atoms with Crippen molar-refractivity contribution in [3.8, 4) is 0 Å². The summed E-state index contributed by atoms with van der Waals surface area (Å²) in [6.45, 7) is 5.48. The second-order valence-corrected chi connectivity index (χ2v) is 4.77. The van der Waals surface area contributed by atoms with Crippen LogP contribution in [0.3, 0.4) is 0 Å². The van der Waals surface area contributed by atoms with Crippen molar-refractivity contribution in [3.63, 3.8) is 0 Å². The molecule has 1 aliphatic heterocycles. The fourth-order valence-corrected chi connectivity index (χ4v) is 1.11. The standard InChI is InChI=1S/C8H16OSi/c1-6(7(2)10)3-4-8-5-9-8/h8H,3-5H2,1-2,10H3. The summed E-state index contributed by atoms with van der Waals surface area (Å²) >= 11 is 0. The van der Waals surface area contributed by atoms with Gasteiger partial charge in [0.1, 0.15) is 0 Å². The zero-order valence-electron chi connectivity index (χ0n) is 7.11. The lowest BCUT2D eigenvalue weighted by atomic mass is 10.1. The van der Waals surface area contributed by atoms with Crippen LogP contribution >= 0.6 is 0 Å². The first-order chi connectivity index (χ1) is 4.70. The van der Waals surface area contributed by atoms with Gasteiger partial charge in [0.05, 0.1) is 12.7 Å². The van der Waals surface area contributed by atoms with Crippen LogP contribution in [0.4, 0.5) is 0 Å². The van der Waals surface area contributed by atoms with E-state index < -0.39 is 0 Å². The van der Waals surface area contributed by atoms with Gasteiger partial charge in [-0.1, -0.05) is 10.8 Å². The van der Waals surface area contributed by atoms with Crippen LogP contribution in [0.15, 0.2) is 10.8 Å². The Balaban J connectivity index is 2.17. The largest absolute Gasteiger partial charge is 0.373 e. The fraction of sp³-hybridized carbons (Fsp3) is 0.750. The van der Waals surface area contributed by atoms with Gasteiger partial charge in [-0.3, -0.25) is 0 Å². The minimum Gasteiger partial charge on any atom is -0.373 e. The van der Waals surface area contributed by atoms with Crippen LogP contribution in [0.25, 0.3) is 0 Å². The van der Waals surface area contributed by atoms with E-state index in [1.807, 2.05) is 0 Å². The van der Waals surface area contributed by atoms with Gasteiger partial charge in [0, 0.05) is 10.2 Å². The van der Waals surface area contributed by atoms with Gasteiger partial charge >= 0.3 is 0 Å². The zero-order chi connectivity index (χ0) is 7.56. The summed E-state index contributed by atoms with van der Waals surface area (Å²) in [6.07, 6.45) is 3.10. The summed E-state index contributed by atoms with van der Waals surface area (Å²) in [5.41, 5.74) is 1.59. The molecule has 1 unspecified atom stereocenters. The number of epoxide rings is 1. The van der Waals surface area contributed by atoms with E-state index in [1.165, 1.54) is 23.1 Å². The zero-order valence-corrected chi connectivity index (χ0v) is 9.11. The molecule has 1 aliphatic rings. The Hall–Kier alpha value is -0.0831. The quantitative estimate of drug-likeness (QED) is 0.435. The number of rotatable bonds is 3. The predicted octanol–water partition coefficient (Wildman–Crippen LogP) is 0.825. The Morgan fingerprint density at radius 3 is 2.60 bits per heavy atom. The number of allylic oxidation sites excluding steroid dienone is 2. The molecule has 0 aromatic carbocycles. The molecule has 1 fully saturated rings. The van der Waals surface area contributed by atoms with Crippen molar-refractivity contribution in [2.24, 2.45) is 0 Å². The second kappa shape index (κ2) is 3.35. The number of ether oxygens (including phenoxy) is 1. The van der Waals surface area contributed by atoms with Crippen LogP contribution < -0.4 is 0 Å². The molecule has 0 radical (unpaired) electrons. The van der Waals surface area contributed by atoms with Crippen molar-refractivity contribution < 1.29 is 4.74 Å². The molecular weight excluding hydrogens is 140 g/mol. The molecule has 1 saturated heterocycles. The van der Waals surface area contributed by atoms with E-state index >= 15 is 0 Å². The van der Waals surface area contributed by atoms with Crippen LogP contribution in [0, 0.1) is 0 Å². The van der Waals surface area contributed by atoms with Gasteiger partial charge in [0.15, 0.2) is 0 Å². The van der Waals surface area contributed by atoms with Crippen LogP contribution in [0.1, 0.15) is 26.7 Å². The lowest BCUT2D eigenvalue weighted by molar-refractivity contribution is 0.396. The molecular formula is C8H16OSi. The first-order valence-electron chi connectivity index (χ1n) is 3.94. The molecule has 0 aromatic heterocycles. The molecule has 1 nitrogen and oxygen atoms in total. The SMILES string of the molecule is CC([SiH3])=C(C)CCC1CO1. The van der Waals surface area contributed by atoms with Gasteiger partial charge in [-0.05, 0) is 26.7 Å². The predicted molar refractivity (Wildman–Crippen MR) is 47.3 cm³/mol. The third kappa shape index (κ3) is 2.67. The first-order valence-corrected chi connectivity index (χ1v) is 4.94. The summed E-state index contributed by atoms with van der Waals surface area (Å²) < 4.78 is 5.13. The van der Waals surface area contributed by atoms with E-state index in [0.29, 0.717) is 6.10 Å². The van der Waals surface area contributed by atoms with Crippen LogP contribution in [0.2, 0.25) is 0 Å². The van der Waals surface area contributed by atoms with Crippen molar-refractivity contribution in [1.82, 2.24) is 0 Å². The van der Waals surface area contributed by atoms with Crippen LogP contribution in [-0.2, 0) is 4.74 Å². The average molecular weight is 156 g/mol. The van der Waals surface area contributed by atoms with Gasteiger partial charge < -0.3 is 4.74 Å². The van der Waals surface area contributed by atoms with Gasteiger partial charge in [-0.2, -0.15) is 0 Å². The van der Waals surface area contributed by atoms with Gasteiger partial charge in [0.2, 0.25) is 0 Å². The molecule has 10 heavy (non-hydrogen) atoms. The minimum absolute atomic E-state index is 0.607. The highest BCUT2D eigenvalue weighted by Gasteiger charge is 2.21. The van der Waals surface area contributed by atoms with E-state index in [2.05, 4.69) is 13.8 Å². The van der Waals surface area contributed by atoms with Gasteiger partial charge in [-0.25, -0.2) is 0 Å². The molecule has 0 amide bonds. The second-order valence-electron chi connectivity index (χ2n) is 3.27. The molecule has 1 atom stereocenters. The highest BCUT2D eigenvalue weighted by molar-refractivity contribution is 6.21. The minimum atomic E-state index is 0.607. The van der Waals surface area contributed by atoms with Crippen molar-refractivity contribution in [3.05, 3.63) is 10.8 Å². The molecule has 1 rings (SSSR count). The first kappa shape index (κ1) is 8.02. The maximum atomic E-state index is 5.13. The smallest absolute Gasteiger partial charge is 0.0813 e. The Morgan fingerprint density at radius 1 is 1.60 bits per heavy atom. The van der Waals surface area contributed by atoms with E-state index in [4.69, 9.17) is 4.74 Å². The Morgan fingerprint density at radius 2 is 2.20 bits per heavy atom. The summed E-state index contributed by atoms with van der Waals surface area (Å²) in [7, 11) is 1.22. The maximum absolute atomic E-state index is 5.13. The lowest BCUT2D eigenvalue weighted by Crippen LogP contribution is -1.89. The third-order valence-corrected chi connectivity index (χ3v) is 2.95. The molecule has 0 aromatic rings. The number of hydrogen-bond acceptors (Lipinski definition) is 1. The summed E-state index contributed by atoms with van der Waals surface area (Å²) in [5, 5.41) is 1.60.